The second-order valence-electron chi connectivity index (χ2n) is 5.29. The molecule has 0 aliphatic carbocycles. The summed E-state index contributed by atoms with van der Waals surface area (Å²) in [5.41, 5.74) is 7.07. The highest BCUT2D eigenvalue weighted by Crippen LogP contribution is 2.19. The van der Waals surface area contributed by atoms with E-state index in [1.54, 1.807) is 12.3 Å². The van der Waals surface area contributed by atoms with E-state index in [0.717, 1.165) is 5.69 Å². The molecule has 0 fully saturated rings. The molecule has 0 aliphatic heterocycles. The second-order valence-corrected chi connectivity index (χ2v) is 5.29. The zero-order valence-corrected chi connectivity index (χ0v) is 13.7. The van der Waals surface area contributed by atoms with Crippen molar-refractivity contribution in [3.05, 3.63) is 47.9 Å². The number of nitrogens with zero attached hydrogens (tertiary/aromatic N) is 4. The lowest BCUT2D eigenvalue weighted by Crippen LogP contribution is -2.18. The van der Waals surface area contributed by atoms with E-state index >= 15 is 0 Å². The van der Waals surface area contributed by atoms with Crippen LogP contribution in [0.25, 0.3) is 11.5 Å². The number of aromatic nitrogens is 4. The van der Waals surface area contributed by atoms with Crippen LogP contribution < -0.4 is 11.1 Å². The topological polar surface area (TPSA) is 129 Å². The highest BCUT2D eigenvalue weighted by Gasteiger charge is 2.19. The number of aryl methyl sites for hydroxylation is 2. The molecule has 9 nitrogen and oxygen atoms in total. The van der Waals surface area contributed by atoms with Gasteiger partial charge in [0.15, 0.2) is 11.4 Å². The quantitative estimate of drug-likeness (QED) is 0.726. The van der Waals surface area contributed by atoms with Crippen LogP contribution in [0.5, 0.6) is 0 Å². The van der Waals surface area contributed by atoms with Crippen molar-refractivity contribution in [2.24, 2.45) is 5.73 Å². The molecule has 0 spiro atoms. The molecular weight excluding hydrogens is 324 g/mol. The molecule has 3 N–H and O–H groups in total. The van der Waals surface area contributed by atoms with Gasteiger partial charge < -0.3 is 15.5 Å². The number of nitrogens with two attached hydrogens (primary N) is 1. The molecule has 0 unspecified atom stereocenters. The zero-order valence-electron chi connectivity index (χ0n) is 13.7. The van der Waals surface area contributed by atoms with Gasteiger partial charge in [0.1, 0.15) is 6.26 Å². The van der Waals surface area contributed by atoms with Crippen molar-refractivity contribution < 1.29 is 14.0 Å². The molecule has 0 radical (unpaired) electrons. The molecule has 0 atom stereocenters. The van der Waals surface area contributed by atoms with E-state index in [1.807, 2.05) is 19.9 Å². The molecular formula is C16H16N6O3. The van der Waals surface area contributed by atoms with Crippen LogP contribution >= 0.6 is 0 Å². The number of carbonyl (C=O) groups excluding carboxylic acids is 2. The number of hydrogen-bond acceptors (Lipinski definition) is 6. The van der Waals surface area contributed by atoms with Crippen LogP contribution in [0.4, 0.5) is 5.69 Å². The molecule has 128 valence electrons. The van der Waals surface area contributed by atoms with E-state index < -0.39 is 11.8 Å². The third-order valence-corrected chi connectivity index (χ3v) is 3.46. The van der Waals surface area contributed by atoms with Gasteiger partial charge in [0.25, 0.3) is 11.8 Å². The van der Waals surface area contributed by atoms with Gasteiger partial charge in [-0.15, -0.1) is 0 Å². The predicted molar refractivity (Wildman–Crippen MR) is 88.8 cm³/mol. The number of oxazole rings is 1. The van der Waals surface area contributed by atoms with Gasteiger partial charge in [0, 0.05) is 24.6 Å². The summed E-state index contributed by atoms with van der Waals surface area (Å²) >= 11 is 0. The van der Waals surface area contributed by atoms with Crippen LogP contribution in [0.15, 0.2) is 35.2 Å². The number of carbonyl (C=O) groups is 2. The van der Waals surface area contributed by atoms with Gasteiger partial charge in [-0.05, 0) is 26.0 Å². The van der Waals surface area contributed by atoms with E-state index in [1.165, 1.54) is 17.1 Å². The molecule has 9 heteroatoms. The molecule has 0 aliphatic rings. The molecule has 25 heavy (non-hydrogen) atoms. The first-order valence-corrected chi connectivity index (χ1v) is 7.55. The SMILES string of the molecule is CCn1cc(NC(=O)c2coc(-c3ccc(C)nc3)n2)c(C(N)=O)n1. The summed E-state index contributed by atoms with van der Waals surface area (Å²) in [6, 6.07) is 3.61. The molecule has 3 aromatic rings. The Morgan fingerprint density at radius 2 is 2.16 bits per heavy atom. The number of hydrogen-bond donors (Lipinski definition) is 2. The monoisotopic (exact) mass is 340 g/mol. The van der Waals surface area contributed by atoms with Gasteiger partial charge in [0.2, 0.25) is 5.89 Å². The Bertz CT molecular complexity index is 926. The van der Waals surface area contributed by atoms with E-state index in [-0.39, 0.29) is 23.0 Å². The molecule has 0 aromatic carbocycles. The van der Waals surface area contributed by atoms with Crippen LogP contribution in [0, 0.1) is 6.92 Å². The average molecular weight is 340 g/mol. The second kappa shape index (κ2) is 6.56. The molecule has 3 aromatic heterocycles. The number of nitrogens with one attached hydrogen (secondary N) is 1. The maximum Gasteiger partial charge on any atom is 0.277 e. The number of anilines is 1. The van der Waals surface area contributed by atoms with E-state index in [4.69, 9.17) is 10.2 Å². The average Bonchev–Trinajstić information content (AvgIpc) is 3.22. The standard InChI is InChI=1S/C16H16N6O3/c1-3-22-7-11(13(21-22)14(17)23)19-15(24)12-8-25-16(20-12)10-5-4-9(2)18-6-10/h4-8H,3H2,1-2H3,(H2,17,23)(H,19,24). The Labute approximate surface area is 142 Å². The number of primary amides is 1. The Morgan fingerprint density at radius 1 is 1.36 bits per heavy atom. The van der Waals surface area contributed by atoms with Crippen molar-refractivity contribution >= 4 is 17.5 Å². The Balaban J connectivity index is 1.82. The smallest absolute Gasteiger partial charge is 0.277 e. The minimum atomic E-state index is -0.728. The molecule has 0 bridgehead atoms. The largest absolute Gasteiger partial charge is 0.444 e. The van der Waals surface area contributed by atoms with Gasteiger partial charge in [-0.25, -0.2) is 4.98 Å². The Morgan fingerprint density at radius 3 is 2.80 bits per heavy atom. The van der Waals surface area contributed by atoms with Crippen molar-refractivity contribution in [2.45, 2.75) is 20.4 Å². The van der Waals surface area contributed by atoms with Crippen LogP contribution in [-0.4, -0.2) is 31.6 Å². The number of pyridine rings is 1. The summed E-state index contributed by atoms with van der Waals surface area (Å²) in [4.78, 5) is 32.1. The summed E-state index contributed by atoms with van der Waals surface area (Å²) in [6.07, 6.45) is 4.38. The summed E-state index contributed by atoms with van der Waals surface area (Å²) in [5.74, 6) is -0.987. The fraction of sp³-hybridized carbons (Fsp3) is 0.188. The first-order chi connectivity index (χ1) is 12.0. The normalized spacial score (nSPS) is 10.6. The molecule has 0 saturated carbocycles. The van der Waals surface area contributed by atoms with Crippen molar-refractivity contribution in [3.8, 4) is 11.5 Å². The highest BCUT2D eigenvalue weighted by molar-refractivity contribution is 6.07. The van der Waals surface area contributed by atoms with Crippen LogP contribution in [0.3, 0.4) is 0 Å². The first-order valence-electron chi connectivity index (χ1n) is 7.55. The van der Waals surface area contributed by atoms with E-state index in [0.29, 0.717) is 12.1 Å². The Hall–Kier alpha value is -3.49. The van der Waals surface area contributed by atoms with Gasteiger partial charge in [-0.3, -0.25) is 19.3 Å². The summed E-state index contributed by atoms with van der Waals surface area (Å²) in [7, 11) is 0. The molecule has 3 rings (SSSR count). The molecule has 3 heterocycles. The first kappa shape index (κ1) is 16.4. The third kappa shape index (κ3) is 3.39. The van der Waals surface area contributed by atoms with Crippen LogP contribution in [-0.2, 0) is 6.54 Å². The van der Waals surface area contributed by atoms with Crippen LogP contribution in [0.2, 0.25) is 0 Å². The number of amides is 2. The van der Waals surface area contributed by atoms with E-state index in [2.05, 4.69) is 20.4 Å². The minimum Gasteiger partial charge on any atom is -0.444 e. The van der Waals surface area contributed by atoms with Gasteiger partial charge in [-0.1, -0.05) is 0 Å². The van der Waals surface area contributed by atoms with Crippen molar-refractivity contribution in [1.82, 2.24) is 19.7 Å². The van der Waals surface area contributed by atoms with E-state index in [9.17, 15) is 9.59 Å². The zero-order chi connectivity index (χ0) is 18.0. The molecule has 0 saturated heterocycles. The fourth-order valence-electron chi connectivity index (χ4n) is 2.15. The lowest BCUT2D eigenvalue weighted by Gasteiger charge is -2.00. The highest BCUT2D eigenvalue weighted by atomic mass is 16.3. The predicted octanol–water partition coefficient (Wildman–Crippen LogP) is 1.61. The Kier molecular flexibility index (Phi) is 4.29. The van der Waals surface area contributed by atoms with Gasteiger partial charge in [0.05, 0.1) is 11.3 Å². The fourth-order valence-corrected chi connectivity index (χ4v) is 2.15. The summed E-state index contributed by atoms with van der Waals surface area (Å²) < 4.78 is 6.83. The van der Waals surface area contributed by atoms with Gasteiger partial charge >= 0.3 is 0 Å². The maximum atomic E-state index is 12.3. The number of rotatable bonds is 5. The lowest BCUT2D eigenvalue weighted by molar-refractivity contribution is 0.0995. The summed E-state index contributed by atoms with van der Waals surface area (Å²) in [6.45, 7) is 4.25. The van der Waals surface area contributed by atoms with Crippen LogP contribution in [0.1, 0.15) is 33.6 Å². The maximum absolute atomic E-state index is 12.3. The lowest BCUT2D eigenvalue weighted by atomic mass is 10.2. The van der Waals surface area contributed by atoms with Crippen molar-refractivity contribution in [1.29, 1.82) is 0 Å². The minimum absolute atomic E-state index is 0.0124. The third-order valence-electron chi connectivity index (χ3n) is 3.46. The van der Waals surface area contributed by atoms with Gasteiger partial charge in [-0.2, -0.15) is 5.10 Å². The molecule has 2 amide bonds. The van der Waals surface area contributed by atoms with Crippen molar-refractivity contribution in [3.63, 3.8) is 0 Å². The van der Waals surface area contributed by atoms with Crippen molar-refractivity contribution in [2.75, 3.05) is 5.32 Å². The summed E-state index contributed by atoms with van der Waals surface area (Å²) in [5, 5.41) is 6.59.